The van der Waals surface area contributed by atoms with Gasteiger partial charge in [0.15, 0.2) is 0 Å². The normalized spacial score (nSPS) is 18.6. The predicted octanol–water partition coefficient (Wildman–Crippen LogP) is 1.95. The Labute approximate surface area is 118 Å². The first-order valence-corrected chi connectivity index (χ1v) is 7.85. The maximum Gasteiger partial charge on any atom is 0.281 e. The molecule has 0 unspecified atom stereocenters. The van der Waals surface area contributed by atoms with Crippen molar-refractivity contribution in [2.24, 2.45) is 0 Å². The fourth-order valence-electron chi connectivity index (χ4n) is 2.51. The van der Waals surface area contributed by atoms with Crippen LogP contribution in [0.25, 0.3) is 0 Å². The molecule has 1 aromatic carbocycles. The van der Waals surface area contributed by atoms with Crippen molar-refractivity contribution in [3.8, 4) is 0 Å². The molecular formula is C13H18F2N2O2S. The van der Waals surface area contributed by atoms with Crippen molar-refractivity contribution in [3.05, 3.63) is 35.4 Å². The molecular weight excluding hydrogens is 286 g/mol. The van der Waals surface area contributed by atoms with Gasteiger partial charge in [0.1, 0.15) is 11.6 Å². The summed E-state index contributed by atoms with van der Waals surface area (Å²) < 4.78 is 53.9. The lowest BCUT2D eigenvalue weighted by molar-refractivity contribution is 0.296. The van der Waals surface area contributed by atoms with Crippen molar-refractivity contribution in [3.63, 3.8) is 0 Å². The van der Waals surface area contributed by atoms with Gasteiger partial charge >= 0.3 is 0 Å². The van der Waals surface area contributed by atoms with Gasteiger partial charge in [-0.2, -0.15) is 17.0 Å². The molecule has 0 saturated carbocycles. The zero-order valence-corrected chi connectivity index (χ0v) is 12.3. The summed E-state index contributed by atoms with van der Waals surface area (Å²) in [7, 11) is -0.506. The number of rotatable bonds is 3. The van der Waals surface area contributed by atoms with Crippen LogP contribution in [0.15, 0.2) is 18.2 Å². The van der Waals surface area contributed by atoms with E-state index in [9.17, 15) is 17.2 Å². The number of nitrogens with zero attached hydrogens (tertiary/aromatic N) is 2. The highest BCUT2D eigenvalue weighted by atomic mass is 32.2. The molecule has 1 aliphatic heterocycles. The topological polar surface area (TPSA) is 40.6 Å². The maximum absolute atomic E-state index is 13.7. The average Bonchev–Trinajstić information content (AvgIpc) is 2.39. The number of benzene rings is 1. The van der Waals surface area contributed by atoms with E-state index in [4.69, 9.17) is 0 Å². The van der Waals surface area contributed by atoms with Gasteiger partial charge in [0, 0.05) is 32.7 Å². The molecule has 0 bridgehead atoms. The molecule has 112 valence electrons. The van der Waals surface area contributed by atoms with Crippen LogP contribution in [0.1, 0.15) is 24.3 Å². The largest absolute Gasteiger partial charge is 0.281 e. The van der Waals surface area contributed by atoms with E-state index in [0.29, 0.717) is 12.8 Å². The molecule has 4 nitrogen and oxygen atoms in total. The Morgan fingerprint density at radius 1 is 1.15 bits per heavy atom. The predicted molar refractivity (Wildman–Crippen MR) is 72.5 cm³/mol. The van der Waals surface area contributed by atoms with Crippen LogP contribution in [0.5, 0.6) is 0 Å². The average molecular weight is 304 g/mol. The van der Waals surface area contributed by atoms with Crippen molar-refractivity contribution >= 4 is 10.2 Å². The number of piperidine rings is 1. The van der Waals surface area contributed by atoms with Gasteiger partial charge in [0.05, 0.1) is 0 Å². The van der Waals surface area contributed by atoms with Gasteiger partial charge in [0.25, 0.3) is 10.2 Å². The van der Waals surface area contributed by atoms with Gasteiger partial charge in [-0.15, -0.1) is 0 Å². The Morgan fingerprint density at radius 3 is 2.10 bits per heavy atom. The summed E-state index contributed by atoms with van der Waals surface area (Å²) in [5, 5.41) is 0. The zero-order chi connectivity index (χ0) is 14.9. The summed E-state index contributed by atoms with van der Waals surface area (Å²) in [5.41, 5.74) is 0.0781. The molecule has 0 N–H and O–H groups in total. The van der Waals surface area contributed by atoms with Crippen LogP contribution in [-0.2, 0) is 10.2 Å². The first-order chi connectivity index (χ1) is 9.34. The Hall–Kier alpha value is -1.05. The molecule has 0 radical (unpaired) electrons. The second kappa shape index (κ2) is 5.75. The van der Waals surface area contributed by atoms with Gasteiger partial charge in [-0.1, -0.05) is 6.07 Å². The second-order valence-electron chi connectivity index (χ2n) is 5.10. The standard InChI is InChI=1S/C13H18F2N2O2S/c1-16(2)20(18,19)17-8-6-10(7-9-17)13-11(14)4-3-5-12(13)15/h3-5,10H,6-9H2,1-2H3. The molecule has 1 aliphatic rings. The van der Waals surface area contributed by atoms with Gasteiger partial charge < -0.3 is 0 Å². The highest BCUT2D eigenvalue weighted by Crippen LogP contribution is 2.32. The van der Waals surface area contributed by atoms with Gasteiger partial charge in [-0.05, 0) is 30.9 Å². The van der Waals surface area contributed by atoms with E-state index in [1.165, 1.54) is 36.6 Å². The number of hydrogen-bond acceptors (Lipinski definition) is 2. The molecule has 0 spiro atoms. The van der Waals surface area contributed by atoms with Gasteiger partial charge in [-0.3, -0.25) is 0 Å². The van der Waals surface area contributed by atoms with Crippen LogP contribution in [0.4, 0.5) is 8.78 Å². The van der Waals surface area contributed by atoms with Gasteiger partial charge in [-0.25, -0.2) is 8.78 Å². The Balaban J connectivity index is 2.13. The Bertz CT molecular complexity index is 562. The van der Waals surface area contributed by atoms with Crippen LogP contribution in [0, 0.1) is 11.6 Å². The summed E-state index contributed by atoms with van der Waals surface area (Å²) in [5.74, 6) is -1.39. The lowest BCUT2D eigenvalue weighted by Crippen LogP contribution is -2.44. The van der Waals surface area contributed by atoms with Crippen molar-refractivity contribution < 1.29 is 17.2 Å². The van der Waals surface area contributed by atoms with Crippen LogP contribution in [-0.4, -0.2) is 44.2 Å². The lowest BCUT2D eigenvalue weighted by Gasteiger charge is -2.33. The first-order valence-electron chi connectivity index (χ1n) is 6.45. The summed E-state index contributed by atoms with van der Waals surface area (Å²) in [6.45, 7) is 0.553. The first kappa shape index (κ1) is 15.3. The molecule has 0 atom stereocenters. The lowest BCUT2D eigenvalue weighted by atomic mass is 9.89. The Kier molecular flexibility index (Phi) is 4.41. The summed E-state index contributed by atoms with van der Waals surface area (Å²) >= 11 is 0. The molecule has 20 heavy (non-hydrogen) atoms. The molecule has 1 fully saturated rings. The van der Waals surface area contributed by atoms with Crippen molar-refractivity contribution in [1.82, 2.24) is 8.61 Å². The van der Waals surface area contributed by atoms with E-state index in [-0.39, 0.29) is 24.6 Å². The SMILES string of the molecule is CN(C)S(=O)(=O)N1CCC(c2c(F)cccc2F)CC1. The van der Waals surface area contributed by atoms with Crippen LogP contribution in [0.2, 0.25) is 0 Å². The summed E-state index contributed by atoms with van der Waals surface area (Å²) in [4.78, 5) is 0. The minimum Gasteiger partial charge on any atom is -0.207 e. The van der Waals surface area contributed by atoms with E-state index >= 15 is 0 Å². The molecule has 0 aromatic heterocycles. The fourth-order valence-corrected chi connectivity index (χ4v) is 3.64. The molecule has 0 aliphatic carbocycles. The van der Waals surface area contributed by atoms with Crippen LogP contribution < -0.4 is 0 Å². The van der Waals surface area contributed by atoms with E-state index < -0.39 is 21.8 Å². The molecule has 1 saturated heterocycles. The zero-order valence-electron chi connectivity index (χ0n) is 11.5. The molecule has 0 amide bonds. The van der Waals surface area contributed by atoms with Gasteiger partial charge in [0.2, 0.25) is 0 Å². The third kappa shape index (κ3) is 2.84. The Morgan fingerprint density at radius 2 is 1.65 bits per heavy atom. The van der Waals surface area contributed by atoms with E-state index in [0.717, 1.165) is 4.31 Å². The van der Waals surface area contributed by atoms with Crippen molar-refractivity contribution in [1.29, 1.82) is 0 Å². The minimum atomic E-state index is -3.45. The van der Waals surface area contributed by atoms with Crippen molar-refractivity contribution in [2.45, 2.75) is 18.8 Å². The van der Waals surface area contributed by atoms with Crippen LogP contribution >= 0.6 is 0 Å². The second-order valence-corrected chi connectivity index (χ2v) is 7.24. The summed E-state index contributed by atoms with van der Waals surface area (Å²) in [6.07, 6.45) is 0.843. The fraction of sp³-hybridized carbons (Fsp3) is 0.538. The molecule has 7 heteroatoms. The molecule has 1 heterocycles. The highest BCUT2D eigenvalue weighted by Gasteiger charge is 2.31. The maximum atomic E-state index is 13.7. The third-order valence-corrected chi connectivity index (χ3v) is 5.59. The van der Waals surface area contributed by atoms with E-state index in [1.807, 2.05) is 0 Å². The monoisotopic (exact) mass is 304 g/mol. The summed E-state index contributed by atoms with van der Waals surface area (Å²) in [6, 6.07) is 3.81. The molecule has 2 rings (SSSR count). The number of halogens is 2. The van der Waals surface area contributed by atoms with Crippen molar-refractivity contribution in [2.75, 3.05) is 27.2 Å². The van der Waals surface area contributed by atoms with Crippen LogP contribution in [0.3, 0.4) is 0 Å². The highest BCUT2D eigenvalue weighted by molar-refractivity contribution is 7.86. The quantitative estimate of drug-likeness (QED) is 0.856. The third-order valence-electron chi connectivity index (χ3n) is 3.65. The van der Waals surface area contributed by atoms with E-state index in [1.54, 1.807) is 0 Å². The van der Waals surface area contributed by atoms with E-state index in [2.05, 4.69) is 0 Å². The molecule has 1 aromatic rings. The minimum absolute atomic E-state index is 0.0781. The number of hydrogen-bond donors (Lipinski definition) is 0. The smallest absolute Gasteiger partial charge is 0.207 e.